The topological polar surface area (TPSA) is 98.1 Å². The van der Waals surface area contributed by atoms with Crippen LogP contribution in [-0.4, -0.2) is 39.9 Å². The van der Waals surface area contributed by atoms with Gasteiger partial charge >= 0.3 is 0 Å². The molecule has 0 aliphatic carbocycles. The van der Waals surface area contributed by atoms with Crippen LogP contribution in [0.5, 0.6) is 0 Å². The van der Waals surface area contributed by atoms with E-state index in [-0.39, 0.29) is 5.91 Å². The SMILES string of the molecule is Cc1nc(N)c(CCC2CCN(C(=O)[C@H](C)N)CC2)c(Cl)n1. The lowest BCUT2D eigenvalue weighted by Crippen LogP contribution is -2.45. The molecule has 22 heavy (non-hydrogen) atoms. The second kappa shape index (κ2) is 7.24. The number of carbonyl (C=O) groups excluding carboxylic acids is 1. The molecule has 1 amide bonds. The lowest BCUT2D eigenvalue weighted by molar-refractivity contribution is -0.133. The number of hydrogen-bond donors (Lipinski definition) is 2. The summed E-state index contributed by atoms with van der Waals surface area (Å²) in [7, 11) is 0. The summed E-state index contributed by atoms with van der Waals surface area (Å²) in [4.78, 5) is 22.0. The Morgan fingerprint density at radius 1 is 1.41 bits per heavy atom. The zero-order valence-corrected chi connectivity index (χ0v) is 13.9. The van der Waals surface area contributed by atoms with Crippen LogP contribution in [0.4, 0.5) is 5.82 Å². The van der Waals surface area contributed by atoms with Crippen molar-refractivity contribution in [3.05, 3.63) is 16.5 Å². The van der Waals surface area contributed by atoms with E-state index in [1.165, 1.54) is 0 Å². The average Bonchev–Trinajstić information content (AvgIpc) is 2.46. The Kier molecular flexibility index (Phi) is 5.58. The molecule has 1 aromatic rings. The Hall–Kier alpha value is -1.40. The molecule has 2 rings (SSSR count). The zero-order valence-electron chi connectivity index (χ0n) is 13.2. The van der Waals surface area contributed by atoms with E-state index in [9.17, 15) is 4.79 Å². The monoisotopic (exact) mass is 325 g/mol. The minimum absolute atomic E-state index is 0.0395. The number of likely N-dealkylation sites (tertiary alicyclic amines) is 1. The lowest BCUT2D eigenvalue weighted by Gasteiger charge is -2.33. The maximum atomic E-state index is 11.9. The van der Waals surface area contributed by atoms with Gasteiger partial charge in [0, 0.05) is 18.7 Å². The number of nitrogen functional groups attached to an aromatic ring is 1. The molecule has 1 aliphatic rings. The molecule has 1 aliphatic heterocycles. The Morgan fingerprint density at radius 2 is 2.05 bits per heavy atom. The van der Waals surface area contributed by atoms with Crippen LogP contribution in [0.2, 0.25) is 5.15 Å². The highest BCUT2D eigenvalue weighted by atomic mass is 35.5. The first kappa shape index (κ1) is 17.0. The van der Waals surface area contributed by atoms with Crippen molar-refractivity contribution in [2.24, 2.45) is 11.7 Å². The summed E-state index contributed by atoms with van der Waals surface area (Å²) in [6.45, 7) is 5.06. The summed E-state index contributed by atoms with van der Waals surface area (Å²) in [5.74, 6) is 1.67. The van der Waals surface area contributed by atoms with Crippen LogP contribution < -0.4 is 11.5 Å². The van der Waals surface area contributed by atoms with Crippen molar-refractivity contribution in [2.45, 2.75) is 45.6 Å². The van der Waals surface area contributed by atoms with E-state index in [0.29, 0.717) is 22.7 Å². The third-order valence-corrected chi connectivity index (χ3v) is 4.53. The number of hydrogen-bond acceptors (Lipinski definition) is 5. The van der Waals surface area contributed by atoms with Crippen LogP contribution in [0.25, 0.3) is 0 Å². The number of aryl methyl sites for hydroxylation is 1. The Morgan fingerprint density at radius 3 is 2.59 bits per heavy atom. The predicted molar refractivity (Wildman–Crippen MR) is 87.5 cm³/mol. The van der Waals surface area contributed by atoms with Crippen LogP contribution in [0, 0.1) is 12.8 Å². The van der Waals surface area contributed by atoms with Gasteiger partial charge < -0.3 is 16.4 Å². The summed E-state index contributed by atoms with van der Waals surface area (Å²) in [6, 6.07) is -0.417. The number of aromatic nitrogens is 2. The van der Waals surface area contributed by atoms with Crippen molar-refractivity contribution in [2.75, 3.05) is 18.8 Å². The number of piperidine rings is 1. The third kappa shape index (κ3) is 4.08. The average molecular weight is 326 g/mol. The number of nitrogens with two attached hydrogens (primary N) is 2. The zero-order chi connectivity index (χ0) is 16.3. The molecule has 0 radical (unpaired) electrons. The number of nitrogens with zero attached hydrogens (tertiary/aromatic N) is 3. The van der Waals surface area contributed by atoms with Gasteiger partial charge in [-0.05, 0) is 45.4 Å². The van der Waals surface area contributed by atoms with Crippen LogP contribution >= 0.6 is 11.6 Å². The van der Waals surface area contributed by atoms with Gasteiger partial charge in [0.2, 0.25) is 5.91 Å². The van der Waals surface area contributed by atoms with Gasteiger partial charge in [0.05, 0.1) is 6.04 Å². The van der Waals surface area contributed by atoms with Crippen molar-refractivity contribution < 1.29 is 4.79 Å². The molecule has 0 saturated carbocycles. The minimum Gasteiger partial charge on any atom is -0.383 e. The number of anilines is 1. The maximum absolute atomic E-state index is 11.9. The second-order valence-corrected chi connectivity index (χ2v) is 6.38. The van der Waals surface area contributed by atoms with Crippen LogP contribution in [0.3, 0.4) is 0 Å². The van der Waals surface area contributed by atoms with E-state index < -0.39 is 6.04 Å². The van der Waals surface area contributed by atoms with Crippen molar-refractivity contribution in [1.82, 2.24) is 14.9 Å². The Balaban J connectivity index is 1.86. The van der Waals surface area contributed by atoms with E-state index in [0.717, 1.165) is 44.3 Å². The molecule has 1 saturated heterocycles. The molecule has 0 spiro atoms. The summed E-state index contributed by atoms with van der Waals surface area (Å²) < 4.78 is 0. The maximum Gasteiger partial charge on any atom is 0.239 e. The molecule has 1 aromatic heterocycles. The second-order valence-electron chi connectivity index (χ2n) is 6.02. The first-order valence-corrected chi connectivity index (χ1v) is 8.09. The molecule has 2 heterocycles. The fraction of sp³-hybridized carbons (Fsp3) is 0.667. The third-order valence-electron chi connectivity index (χ3n) is 4.22. The molecule has 0 unspecified atom stereocenters. The summed E-state index contributed by atoms with van der Waals surface area (Å²) >= 11 is 6.15. The quantitative estimate of drug-likeness (QED) is 0.818. The van der Waals surface area contributed by atoms with Crippen molar-refractivity contribution in [3.63, 3.8) is 0 Å². The standard InChI is InChI=1S/C15H24ClN5O/c1-9(17)15(22)21-7-5-11(6-8-21)3-4-12-13(16)19-10(2)20-14(12)18/h9,11H,3-8,17H2,1-2H3,(H2,18,19,20)/t9-/m0/s1. The van der Waals surface area contributed by atoms with Crippen molar-refractivity contribution in [1.29, 1.82) is 0 Å². The number of halogens is 1. The van der Waals surface area contributed by atoms with Gasteiger partial charge in [0.15, 0.2) is 0 Å². The molecule has 1 fully saturated rings. The fourth-order valence-electron chi connectivity index (χ4n) is 2.89. The Bertz CT molecular complexity index is 518. The van der Waals surface area contributed by atoms with Crippen LogP contribution in [0.1, 0.15) is 37.6 Å². The summed E-state index contributed by atoms with van der Waals surface area (Å²) in [5.41, 5.74) is 12.4. The van der Waals surface area contributed by atoms with Crippen molar-refractivity contribution in [3.8, 4) is 0 Å². The molecular weight excluding hydrogens is 302 g/mol. The molecule has 122 valence electrons. The van der Waals surface area contributed by atoms with E-state index in [2.05, 4.69) is 9.97 Å². The molecule has 0 aromatic carbocycles. The molecule has 1 atom stereocenters. The number of rotatable bonds is 4. The molecule has 0 bridgehead atoms. The van der Waals surface area contributed by atoms with Gasteiger partial charge in [-0.15, -0.1) is 0 Å². The van der Waals surface area contributed by atoms with E-state index in [1.807, 2.05) is 4.90 Å². The predicted octanol–water partition coefficient (Wildman–Crippen LogP) is 1.54. The van der Waals surface area contributed by atoms with E-state index >= 15 is 0 Å². The Labute approximate surface area is 136 Å². The van der Waals surface area contributed by atoms with Crippen LogP contribution in [0.15, 0.2) is 0 Å². The van der Waals surface area contributed by atoms with Crippen molar-refractivity contribution >= 4 is 23.3 Å². The molecule has 7 heteroatoms. The van der Waals surface area contributed by atoms with Gasteiger partial charge in [-0.3, -0.25) is 4.79 Å². The minimum atomic E-state index is -0.417. The highest BCUT2D eigenvalue weighted by Gasteiger charge is 2.24. The van der Waals surface area contributed by atoms with Gasteiger partial charge in [-0.25, -0.2) is 9.97 Å². The smallest absolute Gasteiger partial charge is 0.239 e. The van der Waals surface area contributed by atoms with Gasteiger partial charge in [0.1, 0.15) is 16.8 Å². The highest BCUT2D eigenvalue weighted by Crippen LogP contribution is 2.26. The number of carbonyl (C=O) groups is 1. The highest BCUT2D eigenvalue weighted by molar-refractivity contribution is 6.30. The van der Waals surface area contributed by atoms with Crippen LogP contribution in [-0.2, 0) is 11.2 Å². The normalized spacial score (nSPS) is 17.5. The van der Waals surface area contributed by atoms with E-state index in [1.54, 1.807) is 13.8 Å². The van der Waals surface area contributed by atoms with Gasteiger partial charge in [0.25, 0.3) is 0 Å². The fourth-order valence-corrected chi connectivity index (χ4v) is 3.21. The molecule has 6 nitrogen and oxygen atoms in total. The van der Waals surface area contributed by atoms with Gasteiger partial charge in [-0.1, -0.05) is 11.6 Å². The summed E-state index contributed by atoms with van der Waals surface area (Å²) in [6.07, 6.45) is 3.73. The van der Waals surface area contributed by atoms with E-state index in [4.69, 9.17) is 23.1 Å². The molecule has 4 N–H and O–H groups in total. The molecular formula is C15H24ClN5O. The largest absolute Gasteiger partial charge is 0.383 e. The number of amides is 1. The first-order chi connectivity index (χ1) is 10.4. The lowest BCUT2D eigenvalue weighted by atomic mass is 9.90. The summed E-state index contributed by atoms with van der Waals surface area (Å²) in [5, 5.41) is 0.453. The van der Waals surface area contributed by atoms with Gasteiger partial charge in [-0.2, -0.15) is 0 Å². The first-order valence-electron chi connectivity index (χ1n) is 7.71.